The van der Waals surface area contributed by atoms with Crippen molar-refractivity contribution in [2.24, 2.45) is 0 Å². The van der Waals surface area contributed by atoms with Crippen molar-refractivity contribution in [2.75, 3.05) is 20.8 Å². The first kappa shape index (κ1) is 22.4. The van der Waals surface area contributed by atoms with Gasteiger partial charge in [0.25, 0.3) is 0 Å². The zero-order chi connectivity index (χ0) is 21.9. The van der Waals surface area contributed by atoms with Crippen molar-refractivity contribution in [3.05, 3.63) is 60.8 Å². The minimum atomic E-state index is -0.855. The molecular formula is C21H21NO8. The first-order valence-electron chi connectivity index (χ1n) is 8.86. The standard InChI is InChI=1S/C21H21NO8/c1-27-18(23)7-9-20(25)29-14-16(30-21(26)10-8-19(24)28-2)13-22-12-11-15-5-3-4-6-17(15)22/h3-12,16H,13-14H2,1-2H3/b9-7+,10-8+. The Labute approximate surface area is 172 Å². The van der Waals surface area contributed by atoms with E-state index < -0.39 is 30.0 Å². The molecule has 9 heteroatoms. The van der Waals surface area contributed by atoms with Gasteiger partial charge in [-0.3, -0.25) is 0 Å². The second kappa shape index (κ2) is 11.2. The van der Waals surface area contributed by atoms with Gasteiger partial charge in [0.2, 0.25) is 0 Å². The molecule has 0 aliphatic heterocycles. The molecule has 0 aliphatic rings. The summed E-state index contributed by atoms with van der Waals surface area (Å²) in [6.07, 6.45) is 4.64. The molecule has 0 N–H and O–H groups in total. The van der Waals surface area contributed by atoms with E-state index in [2.05, 4.69) is 9.47 Å². The zero-order valence-corrected chi connectivity index (χ0v) is 16.5. The molecule has 0 radical (unpaired) electrons. The number of para-hydroxylation sites is 1. The topological polar surface area (TPSA) is 110 Å². The van der Waals surface area contributed by atoms with Crippen molar-refractivity contribution in [3.8, 4) is 0 Å². The van der Waals surface area contributed by atoms with E-state index in [0.29, 0.717) is 0 Å². The second-order valence-electron chi connectivity index (χ2n) is 5.93. The van der Waals surface area contributed by atoms with Crippen LogP contribution < -0.4 is 0 Å². The van der Waals surface area contributed by atoms with Crippen molar-refractivity contribution in [3.63, 3.8) is 0 Å². The predicted molar refractivity (Wildman–Crippen MR) is 105 cm³/mol. The highest BCUT2D eigenvalue weighted by molar-refractivity contribution is 5.92. The third kappa shape index (κ3) is 6.93. The first-order chi connectivity index (χ1) is 14.4. The summed E-state index contributed by atoms with van der Waals surface area (Å²) >= 11 is 0. The van der Waals surface area contributed by atoms with E-state index in [9.17, 15) is 19.2 Å². The first-order valence-corrected chi connectivity index (χ1v) is 8.86. The van der Waals surface area contributed by atoms with Crippen LogP contribution in [0.3, 0.4) is 0 Å². The SMILES string of the molecule is COC(=O)/C=C/C(=O)OCC(Cn1ccc2ccccc21)OC(=O)/C=C/C(=O)OC. The molecule has 2 rings (SSSR count). The number of methoxy groups -OCH3 is 2. The Kier molecular flexibility index (Phi) is 8.37. The van der Waals surface area contributed by atoms with Crippen LogP contribution in [0.15, 0.2) is 60.8 Å². The van der Waals surface area contributed by atoms with Gasteiger partial charge in [-0.15, -0.1) is 0 Å². The summed E-state index contributed by atoms with van der Waals surface area (Å²) in [7, 11) is 2.36. The van der Waals surface area contributed by atoms with Crippen LogP contribution in [-0.2, 0) is 44.7 Å². The molecule has 0 aliphatic carbocycles. The van der Waals surface area contributed by atoms with Crippen LogP contribution in [0.4, 0.5) is 0 Å². The summed E-state index contributed by atoms with van der Waals surface area (Å²) in [5.41, 5.74) is 0.903. The van der Waals surface area contributed by atoms with E-state index in [1.54, 1.807) is 0 Å². The minimum absolute atomic E-state index is 0.194. The lowest BCUT2D eigenvalue weighted by Gasteiger charge is -2.18. The van der Waals surface area contributed by atoms with Crippen LogP contribution >= 0.6 is 0 Å². The van der Waals surface area contributed by atoms with E-state index in [-0.39, 0.29) is 13.2 Å². The van der Waals surface area contributed by atoms with Crippen LogP contribution in [0, 0.1) is 0 Å². The van der Waals surface area contributed by atoms with Gasteiger partial charge in [-0.05, 0) is 17.5 Å². The summed E-state index contributed by atoms with van der Waals surface area (Å²) in [6.45, 7) is -0.0754. The summed E-state index contributed by atoms with van der Waals surface area (Å²) in [6, 6.07) is 9.50. The lowest BCUT2D eigenvalue weighted by atomic mass is 10.2. The Morgan fingerprint density at radius 3 is 2.13 bits per heavy atom. The van der Waals surface area contributed by atoms with Gasteiger partial charge < -0.3 is 23.5 Å². The third-order valence-electron chi connectivity index (χ3n) is 3.89. The van der Waals surface area contributed by atoms with Gasteiger partial charge in [0.1, 0.15) is 6.61 Å². The molecule has 0 spiro atoms. The van der Waals surface area contributed by atoms with Gasteiger partial charge >= 0.3 is 23.9 Å². The normalized spacial score (nSPS) is 12.1. The summed E-state index contributed by atoms with van der Waals surface area (Å²) < 4.78 is 21.0. The molecule has 0 saturated heterocycles. The maximum absolute atomic E-state index is 12.0. The molecule has 1 heterocycles. The highest BCUT2D eigenvalue weighted by Gasteiger charge is 2.17. The van der Waals surface area contributed by atoms with Crippen molar-refractivity contribution >= 4 is 34.8 Å². The Hall–Kier alpha value is -3.88. The number of hydrogen-bond donors (Lipinski definition) is 0. The highest BCUT2D eigenvalue weighted by atomic mass is 16.6. The number of aromatic nitrogens is 1. The molecule has 1 unspecified atom stereocenters. The van der Waals surface area contributed by atoms with Gasteiger partial charge in [-0.2, -0.15) is 0 Å². The number of ether oxygens (including phenoxy) is 4. The van der Waals surface area contributed by atoms with Crippen LogP contribution in [0.25, 0.3) is 10.9 Å². The fraction of sp³-hybridized carbons (Fsp3) is 0.238. The quantitative estimate of drug-likeness (QED) is 0.345. The number of carbonyl (C=O) groups excluding carboxylic acids is 4. The molecule has 1 aromatic heterocycles. The fourth-order valence-electron chi connectivity index (χ4n) is 2.48. The predicted octanol–water partition coefficient (Wildman–Crippen LogP) is 1.55. The van der Waals surface area contributed by atoms with Crippen molar-refractivity contribution in [2.45, 2.75) is 12.6 Å². The smallest absolute Gasteiger partial charge is 0.331 e. The molecule has 0 saturated carbocycles. The number of benzene rings is 1. The van der Waals surface area contributed by atoms with Gasteiger partial charge in [0, 0.05) is 36.0 Å². The summed E-state index contributed by atoms with van der Waals surface area (Å²) in [4.78, 5) is 46.0. The minimum Gasteiger partial charge on any atom is -0.466 e. The molecule has 0 amide bonds. The second-order valence-corrected chi connectivity index (χ2v) is 5.93. The maximum atomic E-state index is 12.0. The molecular weight excluding hydrogens is 394 g/mol. The summed E-state index contributed by atoms with van der Waals surface area (Å²) in [5, 5.41) is 0.992. The average molecular weight is 415 g/mol. The Morgan fingerprint density at radius 2 is 1.47 bits per heavy atom. The molecule has 0 fully saturated rings. The van der Waals surface area contributed by atoms with Gasteiger partial charge in [0.05, 0.1) is 20.8 Å². The lowest BCUT2D eigenvalue weighted by molar-refractivity contribution is -0.153. The van der Waals surface area contributed by atoms with E-state index in [4.69, 9.17) is 9.47 Å². The molecule has 158 valence electrons. The molecule has 1 atom stereocenters. The number of fused-ring (bicyclic) bond motifs is 1. The average Bonchev–Trinajstić information content (AvgIpc) is 3.16. The maximum Gasteiger partial charge on any atom is 0.331 e. The van der Waals surface area contributed by atoms with E-state index >= 15 is 0 Å². The van der Waals surface area contributed by atoms with Crippen LogP contribution in [0.1, 0.15) is 0 Å². The third-order valence-corrected chi connectivity index (χ3v) is 3.89. The van der Waals surface area contributed by atoms with Crippen LogP contribution in [0.2, 0.25) is 0 Å². The molecule has 30 heavy (non-hydrogen) atoms. The van der Waals surface area contributed by atoms with Crippen LogP contribution in [0.5, 0.6) is 0 Å². The van der Waals surface area contributed by atoms with Gasteiger partial charge in [-0.1, -0.05) is 18.2 Å². The van der Waals surface area contributed by atoms with Crippen LogP contribution in [-0.4, -0.2) is 55.4 Å². The number of carbonyl (C=O) groups is 4. The fourth-order valence-corrected chi connectivity index (χ4v) is 2.48. The van der Waals surface area contributed by atoms with Crippen molar-refractivity contribution in [1.82, 2.24) is 4.57 Å². The van der Waals surface area contributed by atoms with E-state index in [1.807, 2.05) is 41.1 Å². The largest absolute Gasteiger partial charge is 0.466 e. The number of nitrogens with zero attached hydrogens (tertiary/aromatic N) is 1. The lowest BCUT2D eigenvalue weighted by Crippen LogP contribution is -2.28. The summed E-state index contributed by atoms with van der Waals surface area (Å²) in [5.74, 6) is -3.02. The van der Waals surface area contributed by atoms with E-state index in [1.165, 1.54) is 14.2 Å². The molecule has 1 aromatic carbocycles. The number of rotatable bonds is 9. The zero-order valence-electron chi connectivity index (χ0n) is 16.5. The Balaban J connectivity index is 2.09. The molecule has 2 aromatic rings. The van der Waals surface area contributed by atoms with Gasteiger partial charge in [-0.25, -0.2) is 19.2 Å². The highest BCUT2D eigenvalue weighted by Crippen LogP contribution is 2.16. The van der Waals surface area contributed by atoms with E-state index in [0.717, 1.165) is 35.2 Å². The monoisotopic (exact) mass is 415 g/mol. The molecule has 0 bridgehead atoms. The number of hydrogen-bond acceptors (Lipinski definition) is 8. The number of esters is 4. The van der Waals surface area contributed by atoms with Crippen molar-refractivity contribution < 1.29 is 38.1 Å². The molecule has 9 nitrogen and oxygen atoms in total. The van der Waals surface area contributed by atoms with Gasteiger partial charge in [0.15, 0.2) is 6.10 Å². The Morgan fingerprint density at radius 1 is 0.867 bits per heavy atom. The Bertz CT molecular complexity index is 972. The van der Waals surface area contributed by atoms with Crippen molar-refractivity contribution in [1.29, 1.82) is 0 Å².